The second kappa shape index (κ2) is 2.83. The topological polar surface area (TPSA) is 21.6 Å². The number of benzene rings is 1. The molecular weight excluding hydrogens is 170 g/mol. The highest BCUT2D eigenvalue weighted by Crippen LogP contribution is 2.34. The lowest BCUT2D eigenvalue weighted by Gasteiger charge is -2.20. The number of hydrogen-bond acceptors (Lipinski definition) is 3. The van der Waals surface area contributed by atoms with Crippen molar-refractivity contribution in [3.05, 3.63) is 29.8 Å². The van der Waals surface area contributed by atoms with E-state index in [0.717, 1.165) is 11.3 Å². The standard InChI is InChI=1S/C9H9NOS/c1-6-10-8-5-3-2-4-7(8)9(12)11-6/h2-5,9,12H,1H3. The summed E-state index contributed by atoms with van der Waals surface area (Å²) in [6.07, 6.45) is 0. The minimum absolute atomic E-state index is 0.168. The van der Waals surface area contributed by atoms with Crippen molar-refractivity contribution < 1.29 is 4.74 Å². The molecule has 0 fully saturated rings. The summed E-state index contributed by atoms with van der Waals surface area (Å²) in [5.41, 5.74) is 1.83. The number of aliphatic imine (C=N–C) groups is 1. The summed E-state index contributed by atoms with van der Waals surface area (Å²) < 4.78 is 5.33. The quantitative estimate of drug-likeness (QED) is 0.607. The minimum atomic E-state index is -0.168. The zero-order chi connectivity index (χ0) is 8.55. The number of rotatable bonds is 0. The van der Waals surface area contributed by atoms with E-state index in [9.17, 15) is 0 Å². The fraction of sp³-hybridized carbons (Fsp3) is 0.222. The van der Waals surface area contributed by atoms with Gasteiger partial charge in [0.2, 0.25) is 0 Å². The molecule has 0 saturated carbocycles. The van der Waals surface area contributed by atoms with Crippen LogP contribution in [0.15, 0.2) is 29.3 Å². The van der Waals surface area contributed by atoms with Crippen molar-refractivity contribution in [1.29, 1.82) is 0 Å². The number of fused-ring (bicyclic) bond motifs is 1. The van der Waals surface area contributed by atoms with E-state index in [0.29, 0.717) is 5.90 Å². The summed E-state index contributed by atoms with van der Waals surface area (Å²) in [6.45, 7) is 1.83. The van der Waals surface area contributed by atoms with Crippen LogP contribution in [-0.2, 0) is 4.74 Å². The zero-order valence-corrected chi connectivity index (χ0v) is 7.58. The van der Waals surface area contributed by atoms with Crippen molar-refractivity contribution >= 4 is 24.2 Å². The molecule has 0 radical (unpaired) electrons. The molecule has 0 aliphatic carbocycles. The molecule has 0 saturated heterocycles. The van der Waals surface area contributed by atoms with Crippen LogP contribution >= 0.6 is 12.6 Å². The highest BCUT2D eigenvalue weighted by molar-refractivity contribution is 7.80. The van der Waals surface area contributed by atoms with E-state index < -0.39 is 0 Å². The maximum Gasteiger partial charge on any atom is 0.187 e. The van der Waals surface area contributed by atoms with Crippen molar-refractivity contribution in [3.8, 4) is 0 Å². The van der Waals surface area contributed by atoms with Crippen molar-refractivity contribution in [2.45, 2.75) is 12.4 Å². The van der Waals surface area contributed by atoms with E-state index in [1.54, 1.807) is 0 Å². The Balaban J connectivity index is 2.55. The van der Waals surface area contributed by atoms with E-state index in [-0.39, 0.29) is 5.44 Å². The van der Waals surface area contributed by atoms with Gasteiger partial charge in [0.05, 0.1) is 5.69 Å². The summed E-state index contributed by atoms with van der Waals surface area (Å²) >= 11 is 4.30. The van der Waals surface area contributed by atoms with Crippen molar-refractivity contribution in [3.63, 3.8) is 0 Å². The van der Waals surface area contributed by atoms with Gasteiger partial charge >= 0.3 is 0 Å². The molecule has 0 bridgehead atoms. The Morgan fingerprint density at radius 3 is 3.00 bits per heavy atom. The molecule has 62 valence electrons. The predicted octanol–water partition coefficient (Wildman–Crippen LogP) is 2.70. The van der Waals surface area contributed by atoms with Gasteiger partial charge in [-0.25, -0.2) is 4.99 Å². The van der Waals surface area contributed by atoms with E-state index in [1.165, 1.54) is 0 Å². The number of para-hydroxylation sites is 1. The molecule has 12 heavy (non-hydrogen) atoms. The third-order valence-electron chi connectivity index (χ3n) is 1.76. The lowest BCUT2D eigenvalue weighted by atomic mass is 10.2. The molecule has 0 amide bonds. The number of thiol groups is 1. The van der Waals surface area contributed by atoms with Crippen LogP contribution in [0.4, 0.5) is 5.69 Å². The van der Waals surface area contributed by atoms with Crippen LogP contribution in [0.5, 0.6) is 0 Å². The monoisotopic (exact) mass is 179 g/mol. The number of nitrogens with zero attached hydrogens (tertiary/aromatic N) is 1. The molecule has 0 N–H and O–H groups in total. The van der Waals surface area contributed by atoms with Gasteiger partial charge in [-0.3, -0.25) is 0 Å². The maximum atomic E-state index is 5.33. The van der Waals surface area contributed by atoms with Gasteiger partial charge in [-0.2, -0.15) is 0 Å². The van der Waals surface area contributed by atoms with Crippen molar-refractivity contribution in [2.24, 2.45) is 4.99 Å². The Bertz CT molecular complexity index is 335. The summed E-state index contributed by atoms with van der Waals surface area (Å²) in [4.78, 5) is 4.24. The molecule has 2 nitrogen and oxygen atoms in total. The predicted molar refractivity (Wildman–Crippen MR) is 52.0 cm³/mol. The van der Waals surface area contributed by atoms with Gasteiger partial charge in [-0.1, -0.05) is 18.2 Å². The average Bonchev–Trinajstić information content (AvgIpc) is 2.04. The van der Waals surface area contributed by atoms with Gasteiger partial charge in [0.15, 0.2) is 11.3 Å². The third kappa shape index (κ3) is 1.20. The lowest BCUT2D eigenvalue weighted by Crippen LogP contribution is -2.08. The average molecular weight is 179 g/mol. The molecule has 1 unspecified atom stereocenters. The Morgan fingerprint density at radius 2 is 2.17 bits per heavy atom. The smallest absolute Gasteiger partial charge is 0.187 e. The summed E-state index contributed by atoms with van der Waals surface area (Å²) in [5, 5.41) is 0. The van der Waals surface area contributed by atoms with Gasteiger partial charge < -0.3 is 4.74 Å². The fourth-order valence-electron chi connectivity index (χ4n) is 1.22. The fourth-order valence-corrected chi connectivity index (χ4v) is 1.59. The summed E-state index contributed by atoms with van der Waals surface area (Å²) in [7, 11) is 0. The highest BCUT2D eigenvalue weighted by Gasteiger charge is 2.17. The first-order valence-electron chi connectivity index (χ1n) is 3.76. The van der Waals surface area contributed by atoms with Gasteiger partial charge in [-0.05, 0) is 6.07 Å². The second-order valence-corrected chi connectivity index (χ2v) is 3.13. The van der Waals surface area contributed by atoms with Crippen LogP contribution in [0.2, 0.25) is 0 Å². The molecule has 1 aliphatic heterocycles. The van der Waals surface area contributed by atoms with Crippen molar-refractivity contribution in [1.82, 2.24) is 0 Å². The highest BCUT2D eigenvalue weighted by atomic mass is 32.1. The van der Waals surface area contributed by atoms with Crippen LogP contribution in [0.3, 0.4) is 0 Å². The van der Waals surface area contributed by atoms with Crippen molar-refractivity contribution in [2.75, 3.05) is 0 Å². The minimum Gasteiger partial charge on any atom is -0.462 e. The van der Waals surface area contributed by atoms with Crippen LogP contribution in [0.25, 0.3) is 0 Å². The molecule has 1 aliphatic rings. The largest absolute Gasteiger partial charge is 0.462 e. The number of hydrogen-bond donors (Lipinski definition) is 1. The molecule has 0 aromatic heterocycles. The van der Waals surface area contributed by atoms with E-state index >= 15 is 0 Å². The zero-order valence-electron chi connectivity index (χ0n) is 6.69. The SMILES string of the molecule is CC1=Nc2ccccc2C(S)O1. The number of ether oxygens (including phenoxy) is 1. The molecule has 1 aromatic carbocycles. The molecular formula is C9H9NOS. The Morgan fingerprint density at radius 1 is 1.42 bits per heavy atom. The van der Waals surface area contributed by atoms with E-state index in [4.69, 9.17) is 4.74 Å². The Hall–Kier alpha value is -0.960. The first-order chi connectivity index (χ1) is 5.77. The summed E-state index contributed by atoms with van der Waals surface area (Å²) in [5.74, 6) is 0.675. The van der Waals surface area contributed by atoms with Crippen LogP contribution < -0.4 is 0 Å². The molecule has 3 heteroatoms. The molecule has 1 heterocycles. The summed E-state index contributed by atoms with van der Waals surface area (Å²) in [6, 6.07) is 7.86. The van der Waals surface area contributed by atoms with Gasteiger partial charge in [0, 0.05) is 12.5 Å². The van der Waals surface area contributed by atoms with Gasteiger partial charge in [-0.15, -0.1) is 12.6 Å². The normalized spacial score (nSPS) is 20.8. The molecule has 1 atom stereocenters. The second-order valence-electron chi connectivity index (χ2n) is 2.66. The maximum absolute atomic E-state index is 5.33. The van der Waals surface area contributed by atoms with E-state index in [1.807, 2.05) is 31.2 Å². The third-order valence-corrected chi connectivity index (χ3v) is 2.15. The first-order valence-corrected chi connectivity index (χ1v) is 4.28. The van der Waals surface area contributed by atoms with Gasteiger partial charge in [0.1, 0.15) is 0 Å². The van der Waals surface area contributed by atoms with Crippen LogP contribution in [0.1, 0.15) is 17.9 Å². The first kappa shape index (κ1) is 7.68. The Kier molecular flexibility index (Phi) is 1.81. The van der Waals surface area contributed by atoms with Gasteiger partial charge in [0.25, 0.3) is 0 Å². The lowest BCUT2D eigenvalue weighted by molar-refractivity contribution is 0.276. The van der Waals surface area contributed by atoms with Crippen LogP contribution in [-0.4, -0.2) is 5.90 Å². The molecule has 2 rings (SSSR count). The Labute approximate surface area is 76.7 Å². The molecule has 0 spiro atoms. The van der Waals surface area contributed by atoms with E-state index in [2.05, 4.69) is 17.6 Å². The molecule has 1 aromatic rings. The van der Waals surface area contributed by atoms with Crippen LogP contribution in [0, 0.1) is 0 Å².